The van der Waals surface area contributed by atoms with Crippen LogP contribution in [0, 0.1) is 0 Å². The van der Waals surface area contributed by atoms with Crippen LogP contribution in [0.4, 0.5) is 5.69 Å². The first-order valence-corrected chi connectivity index (χ1v) is 8.39. The van der Waals surface area contributed by atoms with Gasteiger partial charge in [-0.15, -0.1) is 0 Å². The van der Waals surface area contributed by atoms with Gasteiger partial charge in [-0.3, -0.25) is 9.59 Å². The number of carbonyl (C=O) groups excluding carboxylic acids is 1. The number of halogens is 1. The summed E-state index contributed by atoms with van der Waals surface area (Å²) in [6, 6.07) is 4.87. The number of nitrogens with one attached hydrogen (secondary N) is 2. The van der Waals surface area contributed by atoms with E-state index in [9.17, 15) is 14.7 Å². The van der Waals surface area contributed by atoms with Gasteiger partial charge in [0.15, 0.2) is 5.16 Å². The molecule has 24 heavy (non-hydrogen) atoms. The number of aromatic nitrogens is 2. The summed E-state index contributed by atoms with van der Waals surface area (Å²) in [5.74, 6) is -0.180. The average Bonchev–Trinajstić information content (AvgIpc) is 2.53. The number of H-pyrrole nitrogens is 1. The molecule has 1 aromatic carbocycles. The smallest absolute Gasteiger partial charge is 0.258 e. The second-order valence-corrected chi connectivity index (χ2v) is 6.11. The Labute approximate surface area is 147 Å². The Morgan fingerprint density at radius 3 is 2.88 bits per heavy atom. The molecule has 0 aliphatic rings. The summed E-state index contributed by atoms with van der Waals surface area (Å²) in [5, 5.41) is 13.0. The van der Waals surface area contributed by atoms with Crippen LogP contribution in [-0.2, 0) is 11.2 Å². The molecule has 3 N–H and O–H groups in total. The highest BCUT2D eigenvalue weighted by Gasteiger charge is 2.12. The zero-order valence-corrected chi connectivity index (χ0v) is 14.6. The Bertz CT molecular complexity index is 810. The van der Waals surface area contributed by atoms with Crippen LogP contribution in [0.1, 0.15) is 12.5 Å². The molecule has 1 heterocycles. The summed E-state index contributed by atoms with van der Waals surface area (Å²) < 4.78 is 5.15. The molecule has 2 aromatic rings. The first kappa shape index (κ1) is 18.2. The third-order valence-electron chi connectivity index (χ3n) is 3.10. The highest BCUT2D eigenvalue weighted by Crippen LogP contribution is 2.28. The maximum absolute atomic E-state index is 12.0. The van der Waals surface area contributed by atoms with E-state index in [-0.39, 0.29) is 28.3 Å². The first-order valence-electron chi connectivity index (χ1n) is 7.03. The van der Waals surface area contributed by atoms with Gasteiger partial charge in [-0.05, 0) is 24.6 Å². The molecule has 1 amide bonds. The highest BCUT2D eigenvalue weighted by atomic mass is 35.5. The van der Waals surface area contributed by atoms with Gasteiger partial charge in [-0.1, -0.05) is 30.3 Å². The Kier molecular flexibility index (Phi) is 6.10. The van der Waals surface area contributed by atoms with Crippen molar-refractivity contribution in [1.29, 1.82) is 0 Å². The molecule has 0 unspecified atom stereocenters. The molecular formula is C15H16ClN3O4S. The van der Waals surface area contributed by atoms with Crippen molar-refractivity contribution in [1.82, 2.24) is 9.97 Å². The minimum atomic E-state index is -0.413. The van der Waals surface area contributed by atoms with Crippen LogP contribution in [0.25, 0.3) is 0 Å². The molecule has 2 rings (SSSR count). The molecule has 128 valence electrons. The number of hydrogen-bond acceptors (Lipinski definition) is 6. The number of benzene rings is 1. The Balaban J connectivity index is 2.04. The fourth-order valence-corrected chi connectivity index (χ4v) is 2.78. The zero-order valence-electron chi connectivity index (χ0n) is 13.1. The minimum Gasteiger partial charge on any atom is -0.495 e. The van der Waals surface area contributed by atoms with Crippen molar-refractivity contribution >= 4 is 35.0 Å². The Hall–Kier alpha value is -2.19. The largest absolute Gasteiger partial charge is 0.495 e. The molecule has 7 nitrogen and oxygen atoms in total. The van der Waals surface area contributed by atoms with E-state index >= 15 is 0 Å². The lowest BCUT2D eigenvalue weighted by Crippen LogP contribution is -2.17. The van der Waals surface area contributed by atoms with E-state index in [2.05, 4.69) is 15.3 Å². The Morgan fingerprint density at radius 1 is 1.50 bits per heavy atom. The summed E-state index contributed by atoms with van der Waals surface area (Å²) in [4.78, 5) is 30.2. The van der Waals surface area contributed by atoms with Crippen molar-refractivity contribution < 1.29 is 14.6 Å². The minimum absolute atomic E-state index is 0.0104. The predicted molar refractivity (Wildman–Crippen MR) is 93.3 cm³/mol. The summed E-state index contributed by atoms with van der Waals surface area (Å²) in [6.45, 7) is 1.74. The summed E-state index contributed by atoms with van der Waals surface area (Å²) in [5.41, 5.74) is 0.248. The summed E-state index contributed by atoms with van der Waals surface area (Å²) in [6.07, 6.45) is 0.369. The van der Waals surface area contributed by atoms with Gasteiger partial charge in [-0.25, -0.2) is 0 Å². The van der Waals surface area contributed by atoms with Crippen LogP contribution in [0.3, 0.4) is 0 Å². The molecule has 0 saturated carbocycles. The second-order valence-electron chi connectivity index (χ2n) is 4.71. The number of thioether (sulfide) groups is 1. The summed E-state index contributed by atoms with van der Waals surface area (Å²) in [7, 11) is 1.49. The van der Waals surface area contributed by atoms with Gasteiger partial charge in [0.1, 0.15) is 5.75 Å². The number of rotatable bonds is 6. The highest BCUT2D eigenvalue weighted by molar-refractivity contribution is 7.99. The van der Waals surface area contributed by atoms with Crippen molar-refractivity contribution in [3.05, 3.63) is 39.1 Å². The van der Waals surface area contributed by atoms with Gasteiger partial charge in [-0.2, -0.15) is 4.98 Å². The molecule has 0 spiro atoms. The third kappa shape index (κ3) is 4.42. The van der Waals surface area contributed by atoms with E-state index in [1.807, 2.05) is 0 Å². The van der Waals surface area contributed by atoms with Gasteiger partial charge >= 0.3 is 0 Å². The number of aromatic amines is 1. The van der Waals surface area contributed by atoms with E-state index in [1.54, 1.807) is 25.1 Å². The molecule has 0 saturated heterocycles. The van der Waals surface area contributed by atoms with Crippen LogP contribution < -0.4 is 15.6 Å². The fraction of sp³-hybridized carbons (Fsp3) is 0.267. The number of anilines is 1. The number of amides is 1. The monoisotopic (exact) mass is 369 g/mol. The second kappa shape index (κ2) is 8.07. The SMILES string of the molecule is CCc1c(O)nc(SCC(=O)Nc2cc(Cl)ccc2OC)[nH]c1=O. The van der Waals surface area contributed by atoms with E-state index in [0.717, 1.165) is 11.8 Å². The molecule has 0 aliphatic carbocycles. The molecular weight excluding hydrogens is 354 g/mol. The van der Waals surface area contributed by atoms with Crippen LogP contribution in [-0.4, -0.2) is 33.8 Å². The molecule has 0 radical (unpaired) electrons. The van der Waals surface area contributed by atoms with Crippen LogP contribution in [0.5, 0.6) is 11.6 Å². The summed E-state index contributed by atoms with van der Waals surface area (Å²) >= 11 is 6.90. The number of carbonyl (C=O) groups is 1. The number of nitrogens with zero attached hydrogens (tertiary/aromatic N) is 1. The number of aromatic hydroxyl groups is 1. The standard InChI is InChI=1S/C15H16ClN3O4S/c1-3-9-13(21)18-15(19-14(9)22)24-7-12(20)17-10-6-8(16)4-5-11(10)23-2/h4-6H,3,7H2,1-2H3,(H,17,20)(H2,18,19,21,22). The Morgan fingerprint density at radius 2 is 2.25 bits per heavy atom. The van der Waals surface area contributed by atoms with E-state index in [1.165, 1.54) is 7.11 Å². The first-order chi connectivity index (χ1) is 11.4. The van der Waals surface area contributed by atoms with Crippen molar-refractivity contribution in [3.8, 4) is 11.6 Å². The van der Waals surface area contributed by atoms with Gasteiger partial charge in [0.2, 0.25) is 11.8 Å². The number of ether oxygens (including phenoxy) is 1. The third-order valence-corrected chi connectivity index (χ3v) is 4.21. The van der Waals surface area contributed by atoms with Crippen LogP contribution >= 0.6 is 23.4 Å². The van der Waals surface area contributed by atoms with E-state index in [0.29, 0.717) is 22.9 Å². The zero-order chi connectivity index (χ0) is 17.7. The van der Waals surface area contributed by atoms with Gasteiger partial charge in [0, 0.05) is 5.02 Å². The fourth-order valence-electron chi connectivity index (χ4n) is 1.95. The molecule has 1 aromatic heterocycles. The van der Waals surface area contributed by atoms with Crippen molar-refractivity contribution in [2.45, 2.75) is 18.5 Å². The van der Waals surface area contributed by atoms with Crippen molar-refractivity contribution in [2.24, 2.45) is 0 Å². The predicted octanol–water partition coefficient (Wildman–Crippen LogP) is 2.43. The quantitative estimate of drug-likeness (QED) is 0.533. The van der Waals surface area contributed by atoms with Gasteiger partial charge < -0.3 is 20.1 Å². The van der Waals surface area contributed by atoms with E-state index in [4.69, 9.17) is 16.3 Å². The lowest BCUT2D eigenvalue weighted by molar-refractivity contribution is -0.113. The lowest BCUT2D eigenvalue weighted by atomic mass is 10.2. The van der Waals surface area contributed by atoms with Crippen LogP contribution in [0.2, 0.25) is 5.02 Å². The van der Waals surface area contributed by atoms with Gasteiger partial charge in [0.25, 0.3) is 5.56 Å². The number of hydrogen-bond donors (Lipinski definition) is 3. The lowest BCUT2D eigenvalue weighted by Gasteiger charge is -2.10. The van der Waals surface area contributed by atoms with Crippen molar-refractivity contribution in [3.63, 3.8) is 0 Å². The normalized spacial score (nSPS) is 10.5. The van der Waals surface area contributed by atoms with E-state index < -0.39 is 5.56 Å². The molecule has 0 fully saturated rings. The molecule has 0 aliphatic heterocycles. The molecule has 0 atom stereocenters. The van der Waals surface area contributed by atoms with Gasteiger partial charge in [0.05, 0.1) is 24.1 Å². The molecule has 9 heteroatoms. The average molecular weight is 370 g/mol. The van der Waals surface area contributed by atoms with Crippen molar-refractivity contribution in [2.75, 3.05) is 18.2 Å². The number of methoxy groups -OCH3 is 1. The molecule has 0 bridgehead atoms. The topological polar surface area (TPSA) is 104 Å². The van der Waals surface area contributed by atoms with Crippen LogP contribution in [0.15, 0.2) is 28.2 Å². The maximum atomic E-state index is 12.0. The maximum Gasteiger partial charge on any atom is 0.258 e.